The Morgan fingerprint density at radius 1 is 1.32 bits per heavy atom. The lowest BCUT2D eigenvalue weighted by Gasteiger charge is -2.52. The van der Waals surface area contributed by atoms with Gasteiger partial charge in [-0.25, -0.2) is 0 Å². The number of carbonyl (C=O) groups excluding carboxylic acids is 1. The summed E-state index contributed by atoms with van der Waals surface area (Å²) in [5, 5.41) is 24.4. The largest absolute Gasteiger partial charge is 0.504 e. The van der Waals surface area contributed by atoms with Crippen LogP contribution in [0.4, 0.5) is 0 Å². The van der Waals surface area contributed by atoms with E-state index in [1.165, 1.54) is 0 Å². The van der Waals surface area contributed by atoms with Crippen molar-refractivity contribution >= 4 is 5.91 Å². The van der Waals surface area contributed by atoms with Gasteiger partial charge in [-0.1, -0.05) is 25.8 Å². The number of hydrogen-bond acceptors (Lipinski definition) is 5. The number of benzene rings is 1. The van der Waals surface area contributed by atoms with E-state index in [-0.39, 0.29) is 23.6 Å². The van der Waals surface area contributed by atoms with Crippen molar-refractivity contribution in [2.45, 2.75) is 64.0 Å². The number of phenolic OH excluding ortho intramolecular Hbond substituents is 1. The van der Waals surface area contributed by atoms with E-state index in [1.807, 2.05) is 26.0 Å². The SMILES string of the molecule is CCCNC(=O)CN1CC[C@]2(O)CCCC[C@@H]2[C@H]1c1ccc(O)c(OCC)c1. The van der Waals surface area contributed by atoms with Crippen molar-refractivity contribution in [3.8, 4) is 11.5 Å². The first-order valence-electron chi connectivity index (χ1n) is 10.7. The number of amides is 1. The van der Waals surface area contributed by atoms with Crippen LogP contribution in [0.1, 0.15) is 64.0 Å². The van der Waals surface area contributed by atoms with Gasteiger partial charge >= 0.3 is 0 Å². The first kappa shape index (κ1) is 20.9. The third-order valence-electron chi connectivity index (χ3n) is 6.22. The van der Waals surface area contributed by atoms with E-state index in [9.17, 15) is 15.0 Å². The highest BCUT2D eigenvalue weighted by molar-refractivity contribution is 5.78. The average Bonchev–Trinajstić information content (AvgIpc) is 2.68. The van der Waals surface area contributed by atoms with Crippen LogP contribution in [-0.4, -0.2) is 52.9 Å². The summed E-state index contributed by atoms with van der Waals surface area (Å²) < 4.78 is 5.59. The first-order chi connectivity index (χ1) is 13.5. The molecule has 1 saturated carbocycles. The molecule has 6 nitrogen and oxygen atoms in total. The minimum absolute atomic E-state index is 0.0249. The number of likely N-dealkylation sites (tertiary alicyclic amines) is 1. The molecule has 6 heteroatoms. The van der Waals surface area contributed by atoms with Gasteiger partial charge in [0.2, 0.25) is 5.91 Å². The maximum Gasteiger partial charge on any atom is 0.234 e. The Morgan fingerprint density at radius 2 is 2.14 bits per heavy atom. The molecule has 3 rings (SSSR count). The molecule has 1 amide bonds. The number of rotatable bonds is 7. The van der Waals surface area contributed by atoms with Crippen molar-refractivity contribution in [3.63, 3.8) is 0 Å². The molecule has 1 heterocycles. The van der Waals surface area contributed by atoms with Gasteiger partial charge in [0.05, 0.1) is 18.8 Å². The summed E-state index contributed by atoms with van der Waals surface area (Å²) in [6.07, 6.45) is 5.52. The fraction of sp³-hybridized carbons (Fsp3) is 0.682. The number of ether oxygens (including phenoxy) is 1. The van der Waals surface area contributed by atoms with Gasteiger partial charge in [0.1, 0.15) is 0 Å². The Kier molecular flexibility index (Phi) is 6.83. The van der Waals surface area contributed by atoms with Crippen LogP contribution in [0.2, 0.25) is 0 Å². The van der Waals surface area contributed by atoms with E-state index in [0.29, 0.717) is 38.4 Å². The lowest BCUT2D eigenvalue weighted by atomic mass is 9.66. The topological polar surface area (TPSA) is 82.0 Å². The summed E-state index contributed by atoms with van der Waals surface area (Å²) in [7, 11) is 0. The Balaban J connectivity index is 1.91. The zero-order chi connectivity index (χ0) is 20.1. The van der Waals surface area contributed by atoms with E-state index in [4.69, 9.17) is 4.74 Å². The second kappa shape index (κ2) is 9.14. The number of carbonyl (C=O) groups is 1. The normalized spacial score (nSPS) is 27.8. The number of nitrogens with zero attached hydrogens (tertiary/aromatic N) is 1. The minimum atomic E-state index is -0.678. The van der Waals surface area contributed by atoms with Crippen molar-refractivity contribution in [2.24, 2.45) is 5.92 Å². The molecule has 1 aromatic carbocycles. The molecule has 0 spiro atoms. The summed E-state index contributed by atoms with van der Waals surface area (Å²) in [4.78, 5) is 14.6. The molecule has 1 saturated heterocycles. The molecule has 3 N–H and O–H groups in total. The van der Waals surface area contributed by atoms with Gasteiger partial charge in [0.25, 0.3) is 0 Å². The van der Waals surface area contributed by atoms with Gasteiger partial charge in [-0.3, -0.25) is 9.69 Å². The lowest BCUT2D eigenvalue weighted by Crippen LogP contribution is -2.56. The molecule has 2 aliphatic rings. The van der Waals surface area contributed by atoms with Crippen LogP contribution >= 0.6 is 0 Å². The van der Waals surface area contributed by atoms with Gasteiger partial charge in [0, 0.05) is 25.0 Å². The zero-order valence-corrected chi connectivity index (χ0v) is 17.1. The average molecular weight is 391 g/mol. The minimum Gasteiger partial charge on any atom is -0.504 e. The van der Waals surface area contributed by atoms with Crippen molar-refractivity contribution in [1.29, 1.82) is 0 Å². The molecule has 3 atom stereocenters. The molecule has 156 valence electrons. The number of aromatic hydroxyl groups is 1. The molecule has 0 bridgehead atoms. The van der Waals surface area contributed by atoms with Gasteiger partial charge in [-0.05, 0) is 50.3 Å². The summed E-state index contributed by atoms with van der Waals surface area (Å²) in [6.45, 7) is 6.08. The standard InChI is InChI=1S/C22H34N2O4/c1-3-12-23-20(26)15-24-13-11-22(27)10-6-5-7-17(22)21(24)16-8-9-18(25)19(14-16)28-4-2/h8-9,14,17,21,25,27H,3-7,10-13,15H2,1-2H3,(H,23,26)/t17-,21-,22-/m1/s1. The van der Waals surface area contributed by atoms with Gasteiger partial charge in [-0.15, -0.1) is 0 Å². The van der Waals surface area contributed by atoms with Gasteiger partial charge in [0.15, 0.2) is 11.5 Å². The van der Waals surface area contributed by atoms with Crippen molar-refractivity contribution in [3.05, 3.63) is 23.8 Å². The van der Waals surface area contributed by atoms with Crippen LogP contribution in [-0.2, 0) is 4.79 Å². The zero-order valence-electron chi connectivity index (χ0n) is 17.1. The second-order valence-corrected chi connectivity index (χ2v) is 8.13. The van der Waals surface area contributed by atoms with E-state index < -0.39 is 5.60 Å². The smallest absolute Gasteiger partial charge is 0.234 e. The molecule has 1 aliphatic heterocycles. The number of nitrogens with one attached hydrogen (secondary N) is 1. The Morgan fingerprint density at radius 3 is 2.89 bits per heavy atom. The van der Waals surface area contributed by atoms with Gasteiger partial charge < -0.3 is 20.3 Å². The van der Waals surface area contributed by atoms with Crippen LogP contribution in [0.5, 0.6) is 11.5 Å². The van der Waals surface area contributed by atoms with E-state index in [1.54, 1.807) is 6.07 Å². The molecular weight excluding hydrogens is 356 g/mol. The number of phenols is 1. The van der Waals surface area contributed by atoms with Crippen molar-refractivity contribution in [1.82, 2.24) is 10.2 Å². The maximum atomic E-state index is 12.4. The Hall–Kier alpha value is -1.79. The Bertz CT molecular complexity index is 681. The maximum absolute atomic E-state index is 12.4. The number of fused-ring (bicyclic) bond motifs is 1. The molecule has 0 unspecified atom stereocenters. The quantitative estimate of drug-likeness (QED) is 0.667. The van der Waals surface area contributed by atoms with E-state index in [0.717, 1.165) is 37.7 Å². The summed E-state index contributed by atoms with van der Waals surface area (Å²) >= 11 is 0. The predicted octanol–water partition coefficient (Wildman–Crippen LogP) is 2.99. The monoisotopic (exact) mass is 390 g/mol. The molecular formula is C22H34N2O4. The second-order valence-electron chi connectivity index (χ2n) is 8.13. The highest BCUT2D eigenvalue weighted by Gasteiger charge is 2.49. The van der Waals surface area contributed by atoms with Crippen molar-refractivity contribution < 1.29 is 19.7 Å². The number of aliphatic hydroxyl groups is 1. The third-order valence-corrected chi connectivity index (χ3v) is 6.22. The summed E-state index contributed by atoms with van der Waals surface area (Å²) in [6, 6.07) is 5.37. The lowest BCUT2D eigenvalue weighted by molar-refractivity contribution is -0.137. The van der Waals surface area contributed by atoms with Crippen LogP contribution < -0.4 is 10.1 Å². The predicted molar refractivity (Wildman–Crippen MR) is 108 cm³/mol. The van der Waals surface area contributed by atoms with E-state index in [2.05, 4.69) is 10.2 Å². The molecule has 2 fully saturated rings. The van der Waals surface area contributed by atoms with Crippen LogP contribution in [0.25, 0.3) is 0 Å². The number of piperidine rings is 1. The summed E-state index contributed by atoms with van der Waals surface area (Å²) in [5.41, 5.74) is 0.317. The molecule has 0 aromatic heterocycles. The van der Waals surface area contributed by atoms with Gasteiger partial charge in [-0.2, -0.15) is 0 Å². The summed E-state index contributed by atoms with van der Waals surface area (Å²) in [5.74, 6) is 0.678. The third kappa shape index (κ3) is 4.44. The Labute approximate surface area is 167 Å². The van der Waals surface area contributed by atoms with Crippen LogP contribution in [0.15, 0.2) is 18.2 Å². The van der Waals surface area contributed by atoms with Crippen LogP contribution in [0.3, 0.4) is 0 Å². The molecule has 28 heavy (non-hydrogen) atoms. The fourth-order valence-electron chi connectivity index (χ4n) is 4.85. The molecule has 1 aliphatic carbocycles. The number of hydrogen-bond donors (Lipinski definition) is 3. The van der Waals surface area contributed by atoms with Crippen molar-refractivity contribution in [2.75, 3.05) is 26.2 Å². The highest BCUT2D eigenvalue weighted by Crippen LogP contribution is 2.49. The molecule has 1 aromatic rings. The van der Waals surface area contributed by atoms with E-state index >= 15 is 0 Å². The first-order valence-corrected chi connectivity index (χ1v) is 10.7. The molecule has 0 radical (unpaired) electrons. The fourth-order valence-corrected chi connectivity index (χ4v) is 4.85. The highest BCUT2D eigenvalue weighted by atomic mass is 16.5. The van der Waals surface area contributed by atoms with Crippen LogP contribution in [0, 0.1) is 5.92 Å².